The van der Waals surface area contributed by atoms with Gasteiger partial charge in [-0.05, 0) is 37.8 Å². The van der Waals surface area contributed by atoms with Gasteiger partial charge in [0.25, 0.3) is 0 Å². The Bertz CT molecular complexity index is 672. The number of nitrogens with one attached hydrogen (secondary N) is 1. The van der Waals surface area contributed by atoms with E-state index < -0.39 is 0 Å². The lowest BCUT2D eigenvalue weighted by Gasteiger charge is -2.26. The second kappa shape index (κ2) is 6.93. The van der Waals surface area contributed by atoms with E-state index in [0.29, 0.717) is 0 Å². The molecule has 0 spiro atoms. The van der Waals surface area contributed by atoms with E-state index in [4.69, 9.17) is 4.74 Å². The van der Waals surface area contributed by atoms with E-state index in [1.807, 2.05) is 29.2 Å². The highest BCUT2D eigenvalue weighted by molar-refractivity contribution is 5.79. The van der Waals surface area contributed by atoms with Gasteiger partial charge in [0.15, 0.2) is 0 Å². The van der Waals surface area contributed by atoms with Gasteiger partial charge in [0, 0.05) is 6.54 Å². The Kier molecular flexibility index (Phi) is 4.52. The smallest absolute Gasteiger partial charge is 0.249 e. The van der Waals surface area contributed by atoms with Gasteiger partial charge >= 0.3 is 0 Å². The zero-order chi connectivity index (χ0) is 16.4. The van der Waals surface area contributed by atoms with E-state index in [2.05, 4.69) is 9.97 Å². The maximum absolute atomic E-state index is 12.6. The summed E-state index contributed by atoms with van der Waals surface area (Å²) < 4.78 is 5.88. The molecule has 1 N–H and O–H groups in total. The molecule has 1 aromatic carbocycles. The molecule has 1 aliphatic heterocycles. The van der Waals surface area contributed by atoms with Gasteiger partial charge < -0.3 is 14.6 Å². The highest BCUT2D eigenvalue weighted by atomic mass is 16.5. The number of hydrogen-bond donors (Lipinski definition) is 1. The normalized spacial score (nSPS) is 22.3. The van der Waals surface area contributed by atoms with Crippen molar-refractivity contribution in [1.82, 2.24) is 14.9 Å². The number of para-hydroxylation sites is 2. The number of H-pyrrole nitrogens is 1. The molecule has 1 saturated heterocycles. The average Bonchev–Trinajstić information content (AvgIpc) is 3.26. The molecule has 24 heavy (non-hydrogen) atoms. The predicted molar refractivity (Wildman–Crippen MR) is 92.6 cm³/mol. The number of rotatable bonds is 4. The lowest BCUT2D eigenvalue weighted by molar-refractivity contribution is -0.139. The van der Waals surface area contributed by atoms with Gasteiger partial charge in [-0.15, -0.1) is 0 Å². The minimum atomic E-state index is 0.0554. The zero-order valence-electron chi connectivity index (χ0n) is 14.0. The van der Waals surface area contributed by atoms with Crippen LogP contribution in [0.1, 0.15) is 56.8 Å². The first-order valence-corrected chi connectivity index (χ1v) is 9.17. The van der Waals surface area contributed by atoms with E-state index in [-0.39, 0.29) is 24.7 Å². The fourth-order valence-electron chi connectivity index (χ4n) is 3.98. The van der Waals surface area contributed by atoms with Crippen LogP contribution in [-0.4, -0.2) is 40.0 Å². The molecule has 4 rings (SSSR count). The largest absolute Gasteiger partial charge is 0.368 e. The van der Waals surface area contributed by atoms with Crippen molar-refractivity contribution in [2.75, 3.05) is 13.2 Å². The van der Waals surface area contributed by atoms with Crippen LogP contribution in [0.4, 0.5) is 0 Å². The Morgan fingerprint density at radius 2 is 2.00 bits per heavy atom. The minimum Gasteiger partial charge on any atom is -0.368 e. The molecule has 5 heteroatoms. The fourth-order valence-corrected chi connectivity index (χ4v) is 3.98. The second-order valence-electron chi connectivity index (χ2n) is 6.96. The maximum Gasteiger partial charge on any atom is 0.249 e. The summed E-state index contributed by atoms with van der Waals surface area (Å²) >= 11 is 0. The topological polar surface area (TPSA) is 58.2 Å². The number of aromatic amines is 1. The molecule has 1 aliphatic carbocycles. The fraction of sp³-hybridized carbons (Fsp3) is 0.579. The Labute approximate surface area is 142 Å². The second-order valence-corrected chi connectivity index (χ2v) is 6.96. The van der Waals surface area contributed by atoms with Crippen LogP contribution in [0.15, 0.2) is 24.3 Å². The summed E-state index contributed by atoms with van der Waals surface area (Å²) in [5, 5.41) is 0. The Hall–Kier alpha value is -1.88. The van der Waals surface area contributed by atoms with Crippen LogP contribution >= 0.6 is 0 Å². The van der Waals surface area contributed by atoms with Crippen molar-refractivity contribution in [3.63, 3.8) is 0 Å². The Morgan fingerprint density at radius 3 is 2.83 bits per heavy atom. The molecular formula is C19H25N3O2. The van der Waals surface area contributed by atoms with E-state index in [0.717, 1.165) is 49.1 Å². The molecule has 1 amide bonds. The molecule has 2 aromatic rings. The summed E-state index contributed by atoms with van der Waals surface area (Å²) in [5.41, 5.74) is 2.00. The molecule has 1 aromatic heterocycles. The molecule has 0 bridgehead atoms. The molecule has 2 fully saturated rings. The summed E-state index contributed by atoms with van der Waals surface area (Å²) in [6.45, 7) is 1.01. The first kappa shape index (κ1) is 15.6. The number of aromatic nitrogens is 2. The van der Waals surface area contributed by atoms with Gasteiger partial charge in [-0.2, -0.15) is 0 Å². The zero-order valence-corrected chi connectivity index (χ0v) is 14.0. The average molecular weight is 327 g/mol. The predicted octanol–water partition coefficient (Wildman–Crippen LogP) is 3.58. The molecule has 2 heterocycles. The summed E-state index contributed by atoms with van der Waals surface area (Å²) in [4.78, 5) is 22.7. The summed E-state index contributed by atoms with van der Waals surface area (Å²) in [7, 11) is 0. The highest BCUT2D eigenvalue weighted by Gasteiger charge is 2.32. The van der Waals surface area contributed by atoms with Crippen LogP contribution in [-0.2, 0) is 9.53 Å². The van der Waals surface area contributed by atoms with Gasteiger partial charge in [0.05, 0.1) is 23.2 Å². The third-order valence-corrected chi connectivity index (χ3v) is 5.29. The van der Waals surface area contributed by atoms with Crippen LogP contribution in [0.3, 0.4) is 0 Å². The number of amides is 1. The number of carbonyl (C=O) groups excluding carboxylic acids is 1. The third kappa shape index (κ3) is 3.18. The molecule has 1 saturated carbocycles. The van der Waals surface area contributed by atoms with E-state index >= 15 is 0 Å². The number of imidazole rings is 1. The van der Waals surface area contributed by atoms with Crippen molar-refractivity contribution in [2.24, 2.45) is 0 Å². The minimum absolute atomic E-state index is 0.0554. The maximum atomic E-state index is 12.6. The first-order chi connectivity index (χ1) is 11.8. The summed E-state index contributed by atoms with van der Waals surface area (Å²) in [6.07, 6.45) is 8.21. The van der Waals surface area contributed by atoms with E-state index in [1.54, 1.807) is 0 Å². The Balaban J connectivity index is 1.42. The lowest BCUT2D eigenvalue weighted by atomic mass is 9.98. The van der Waals surface area contributed by atoms with Gasteiger partial charge in [-0.25, -0.2) is 4.98 Å². The number of fused-ring (bicyclic) bond motifs is 1. The highest BCUT2D eigenvalue weighted by Crippen LogP contribution is 2.31. The van der Waals surface area contributed by atoms with E-state index in [1.165, 1.54) is 19.3 Å². The number of hydrogen-bond acceptors (Lipinski definition) is 3. The Morgan fingerprint density at radius 1 is 1.17 bits per heavy atom. The molecule has 0 radical (unpaired) electrons. The first-order valence-electron chi connectivity index (χ1n) is 9.17. The van der Waals surface area contributed by atoms with Gasteiger partial charge in [0.2, 0.25) is 5.91 Å². The van der Waals surface area contributed by atoms with Gasteiger partial charge in [-0.3, -0.25) is 4.79 Å². The van der Waals surface area contributed by atoms with Crippen LogP contribution < -0.4 is 0 Å². The number of benzene rings is 1. The molecule has 128 valence electrons. The number of ether oxygens (including phenoxy) is 1. The number of nitrogens with zero attached hydrogens (tertiary/aromatic N) is 2. The quantitative estimate of drug-likeness (QED) is 0.934. The van der Waals surface area contributed by atoms with Gasteiger partial charge in [0.1, 0.15) is 12.4 Å². The van der Waals surface area contributed by atoms with Gasteiger partial charge in [-0.1, -0.05) is 31.4 Å². The SMILES string of the molecule is O=C(COC1CCCCC1)N1CCC[C@@H]1c1nc2ccccc2[nH]1. The number of carbonyl (C=O) groups is 1. The molecule has 0 unspecified atom stereocenters. The monoisotopic (exact) mass is 327 g/mol. The molecular weight excluding hydrogens is 302 g/mol. The molecule has 2 aliphatic rings. The summed E-state index contributed by atoms with van der Waals surface area (Å²) in [6, 6.07) is 8.07. The van der Waals surface area contributed by atoms with Crippen molar-refractivity contribution < 1.29 is 9.53 Å². The van der Waals surface area contributed by atoms with Crippen LogP contribution in [0.2, 0.25) is 0 Å². The van der Waals surface area contributed by atoms with Crippen LogP contribution in [0, 0.1) is 0 Å². The van der Waals surface area contributed by atoms with Crippen molar-refractivity contribution in [2.45, 2.75) is 57.1 Å². The van der Waals surface area contributed by atoms with Crippen LogP contribution in [0.5, 0.6) is 0 Å². The molecule has 5 nitrogen and oxygen atoms in total. The number of likely N-dealkylation sites (tertiary alicyclic amines) is 1. The molecule has 1 atom stereocenters. The standard InChI is InChI=1S/C19H25N3O2/c23-18(13-24-14-7-2-1-3-8-14)22-12-6-11-17(22)19-20-15-9-4-5-10-16(15)21-19/h4-5,9-10,14,17H,1-3,6-8,11-13H2,(H,20,21)/t17-/m1/s1. The van der Waals surface area contributed by atoms with Crippen molar-refractivity contribution in [1.29, 1.82) is 0 Å². The third-order valence-electron chi connectivity index (χ3n) is 5.29. The lowest BCUT2D eigenvalue weighted by Crippen LogP contribution is -2.35. The van der Waals surface area contributed by atoms with Crippen LogP contribution in [0.25, 0.3) is 11.0 Å². The van der Waals surface area contributed by atoms with Crippen molar-refractivity contribution >= 4 is 16.9 Å². The van der Waals surface area contributed by atoms with Crippen molar-refractivity contribution in [3.05, 3.63) is 30.1 Å². The van der Waals surface area contributed by atoms with E-state index in [9.17, 15) is 4.79 Å². The van der Waals surface area contributed by atoms with Crippen molar-refractivity contribution in [3.8, 4) is 0 Å². The summed E-state index contributed by atoms with van der Waals surface area (Å²) in [5.74, 6) is 1.00.